The molecule has 30 heavy (non-hydrogen) atoms. The summed E-state index contributed by atoms with van der Waals surface area (Å²) in [5.74, 6) is -0.694. The molecule has 1 atom stereocenters. The van der Waals surface area contributed by atoms with Crippen LogP contribution in [0.5, 0.6) is 0 Å². The molecule has 0 aromatic heterocycles. The summed E-state index contributed by atoms with van der Waals surface area (Å²) >= 11 is 0. The lowest BCUT2D eigenvalue weighted by atomic mass is 10.1. The summed E-state index contributed by atoms with van der Waals surface area (Å²) < 4.78 is 27.1. The second kappa shape index (κ2) is 9.86. The van der Waals surface area contributed by atoms with Crippen molar-refractivity contribution in [3.8, 4) is 0 Å². The van der Waals surface area contributed by atoms with Crippen molar-refractivity contribution < 1.29 is 18.0 Å². The number of nitrogens with zero attached hydrogens (tertiary/aromatic N) is 1. The predicted octanol–water partition coefficient (Wildman–Crippen LogP) is 1.69. The molecule has 0 saturated carbocycles. The summed E-state index contributed by atoms with van der Waals surface area (Å²) in [6, 6.07) is 16.4. The maximum Gasteiger partial charge on any atom is 0.240 e. The number of benzene rings is 2. The molecule has 1 heterocycles. The van der Waals surface area contributed by atoms with E-state index in [9.17, 15) is 18.0 Å². The van der Waals surface area contributed by atoms with Gasteiger partial charge in [-0.2, -0.15) is 0 Å². The van der Waals surface area contributed by atoms with E-state index < -0.39 is 15.9 Å². The SMILES string of the molecule is CCc1ccc(S(=O)(=O)NCCNC(=O)C2CC(=O)N(Cc3ccccc3)C2)cc1. The van der Waals surface area contributed by atoms with Gasteiger partial charge in [0.15, 0.2) is 0 Å². The normalized spacial score (nSPS) is 16.6. The van der Waals surface area contributed by atoms with Gasteiger partial charge in [0.2, 0.25) is 21.8 Å². The van der Waals surface area contributed by atoms with Crippen LogP contribution in [0.3, 0.4) is 0 Å². The van der Waals surface area contributed by atoms with Gasteiger partial charge in [0, 0.05) is 32.6 Å². The minimum atomic E-state index is -3.62. The van der Waals surface area contributed by atoms with Gasteiger partial charge in [0.25, 0.3) is 0 Å². The lowest BCUT2D eigenvalue weighted by Crippen LogP contribution is -2.38. The van der Waals surface area contributed by atoms with Crippen molar-refractivity contribution in [2.75, 3.05) is 19.6 Å². The molecule has 0 bridgehead atoms. The van der Waals surface area contributed by atoms with Crippen molar-refractivity contribution in [3.63, 3.8) is 0 Å². The largest absolute Gasteiger partial charge is 0.354 e. The predicted molar refractivity (Wildman–Crippen MR) is 114 cm³/mol. The van der Waals surface area contributed by atoms with Gasteiger partial charge in [0.1, 0.15) is 0 Å². The third kappa shape index (κ3) is 5.67. The van der Waals surface area contributed by atoms with E-state index in [4.69, 9.17) is 0 Å². The van der Waals surface area contributed by atoms with Gasteiger partial charge in [-0.3, -0.25) is 9.59 Å². The molecule has 2 N–H and O–H groups in total. The number of sulfonamides is 1. The Morgan fingerprint density at radius 3 is 2.40 bits per heavy atom. The van der Waals surface area contributed by atoms with Crippen LogP contribution in [-0.4, -0.2) is 44.8 Å². The molecule has 0 radical (unpaired) electrons. The van der Waals surface area contributed by atoms with Crippen LogP contribution in [0.25, 0.3) is 0 Å². The quantitative estimate of drug-likeness (QED) is 0.593. The molecule has 8 heteroatoms. The second-order valence-corrected chi connectivity index (χ2v) is 9.11. The highest BCUT2D eigenvalue weighted by atomic mass is 32.2. The lowest BCUT2D eigenvalue weighted by Gasteiger charge is -2.16. The fourth-order valence-corrected chi connectivity index (χ4v) is 4.44. The second-order valence-electron chi connectivity index (χ2n) is 7.35. The Kier molecular flexibility index (Phi) is 7.23. The van der Waals surface area contributed by atoms with Gasteiger partial charge < -0.3 is 10.2 Å². The molecule has 2 amide bonds. The van der Waals surface area contributed by atoms with Crippen LogP contribution < -0.4 is 10.0 Å². The first-order chi connectivity index (χ1) is 14.4. The summed E-state index contributed by atoms with van der Waals surface area (Å²) in [5.41, 5.74) is 2.09. The van der Waals surface area contributed by atoms with Crippen LogP contribution in [0.2, 0.25) is 0 Å². The summed E-state index contributed by atoms with van der Waals surface area (Å²) in [5, 5.41) is 2.73. The first kappa shape index (κ1) is 22.0. The third-order valence-corrected chi connectivity index (χ3v) is 6.64. The van der Waals surface area contributed by atoms with Gasteiger partial charge in [-0.1, -0.05) is 49.4 Å². The highest BCUT2D eigenvalue weighted by molar-refractivity contribution is 7.89. The lowest BCUT2D eigenvalue weighted by molar-refractivity contribution is -0.129. The van der Waals surface area contributed by atoms with Gasteiger partial charge >= 0.3 is 0 Å². The topological polar surface area (TPSA) is 95.6 Å². The smallest absolute Gasteiger partial charge is 0.240 e. The van der Waals surface area contributed by atoms with Gasteiger partial charge in [0.05, 0.1) is 10.8 Å². The first-order valence-electron chi connectivity index (χ1n) is 10.1. The minimum Gasteiger partial charge on any atom is -0.354 e. The molecule has 2 aromatic rings. The average molecular weight is 430 g/mol. The Labute approximate surface area is 177 Å². The van der Waals surface area contributed by atoms with E-state index in [2.05, 4.69) is 10.0 Å². The number of nitrogens with one attached hydrogen (secondary N) is 2. The summed E-state index contributed by atoms with van der Waals surface area (Å²) in [7, 11) is -3.62. The van der Waals surface area contributed by atoms with Crippen LogP contribution in [0, 0.1) is 5.92 Å². The van der Waals surface area contributed by atoms with Crippen molar-refractivity contribution in [2.45, 2.75) is 31.2 Å². The Bertz CT molecular complexity index is 975. The molecule has 1 aliphatic rings. The molecular formula is C22H27N3O4S. The zero-order valence-electron chi connectivity index (χ0n) is 17.0. The van der Waals surface area contributed by atoms with Crippen LogP contribution in [-0.2, 0) is 32.6 Å². The third-order valence-electron chi connectivity index (χ3n) is 5.16. The van der Waals surface area contributed by atoms with Crippen molar-refractivity contribution in [3.05, 3.63) is 65.7 Å². The fourth-order valence-electron chi connectivity index (χ4n) is 3.41. The summed E-state index contributed by atoms with van der Waals surface area (Å²) in [6.45, 7) is 3.10. The van der Waals surface area contributed by atoms with Crippen LogP contribution >= 0.6 is 0 Å². The Morgan fingerprint density at radius 1 is 1.03 bits per heavy atom. The van der Waals surface area contributed by atoms with Crippen molar-refractivity contribution in [2.24, 2.45) is 5.92 Å². The zero-order valence-corrected chi connectivity index (χ0v) is 17.8. The number of carbonyl (C=O) groups is 2. The number of aryl methyl sites for hydroxylation is 1. The molecule has 0 aliphatic carbocycles. The van der Waals surface area contributed by atoms with Crippen molar-refractivity contribution in [1.29, 1.82) is 0 Å². The van der Waals surface area contributed by atoms with Crippen molar-refractivity contribution >= 4 is 21.8 Å². The molecule has 3 rings (SSSR count). The highest BCUT2D eigenvalue weighted by Gasteiger charge is 2.34. The van der Waals surface area contributed by atoms with E-state index in [0.717, 1.165) is 17.5 Å². The molecule has 2 aromatic carbocycles. The Hall–Kier alpha value is -2.71. The van der Waals surface area contributed by atoms with E-state index >= 15 is 0 Å². The molecule has 1 aliphatic heterocycles. The van der Waals surface area contributed by atoms with Gasteiger partial charge in [-0.25, -0.2) is 13.1 Å². The van der Waals surface area contributed by atoms with Gasteiger partial charge in [-0.15, -0.1) is 0 Å². The van der Waals surface area contributed by atoms with Crippen LogP contribution in [0.1, 0.15) is 24.5 Å². The van der Waals surface area contributed by atoms with E-state index in [1.807, 2.05) is 37.3 Å². The monoisotopic (exact) mass is 429 g/mol. The molecule has 160 valence electrons. The Balaban J connectivity index is 1.43. The number of carbonyl (C=O) groups excluding carboxylic acids is 2. The Morgan fingerprint density at radius 2 is 1.73 bits per heavy atom. The minimum absolute atomic E-state index is 0.0461. The number of hydrogen-bond donors (Lipinski definition) is 2. The van der Waals surface area contributed by atoms with E-state index in [-0.39, 0.29) is 36.2 Å². The van der Waals surface area contributed by atoms with E-state index in [1.165, 1.54) is 0 Å². The number of hydrogen-bond acceptors (Lipinski definition) is 4. The highest BCUT2D eigenvalue weighted by Crippen LogP contribution is 2.20. The van der Waals surface area contributed by atoms with Crippen LogP contribution in [0.4, 0.5) is 0 Å². The summed E-state index contributed by atoms with van der Waals surface area (Å²) in [6.07, 6.45) is 1.01. The van der Waals surface area contributed by atoms with Gasteiger partial charge in [-0.05, 0) is 29.7 Å². The van der Waals surface area contributed by atoms with Crippen molar-refractivity contribution in [1.82, 2.24) is 14.9 Å². The molecule has 0 spiro atoms. The molecule has 1 saturated heterocycles. The number of amides is 2. The fraction of sp³-hybridized carbons (Fsp3) is 0.364. The van der Waals surface area contributed by atoms with E-state index in [1.54, 1.807) is 29.2 Å². The van der Waals surface area contributed by atoms with E-state index in [0.29, 0.717) is 13.1 Å². The molecule has 1 unspecified atom stereocenters. The standard InChI is InChI=1S/C22H27N3O4S/c1-2-17-8-10-20(11-9-17)30(28,29)24-13-12-23-22(27)19-14-21(26)25(16-19)15-18-6-4-3-5-7-18/h3-11,19,24H,2,12-16H2,1H3,(H,23,27). The summed E-state index contributed by atoms with van der Waals surface area (Å²) in [4.78, 5) is 26.5. The first-order valence-corrected chi connectivity index (χ1v) is 11.6. The molecule has 7 nitrogen and oxygen atoms in total. The number of rotatable bonds is 9. The average Bonchev–Trinajstić information content (AvgIpc) is 3.12. The maximum absolute atomic E-state index is 12.4. The van der Waals surface area contributed by atoms with Crippen LogP contribution in [0.15, 0.2) is 59.5 Å². The maximum atomic E-state index is 12.4. The number of likely N-dealkylation sites (tertiary alicyclic amines) is 1. The zero-order chi connectivity index (χ0) is 21.6. The molecular weight excluding hydrogens is 402 g/mol. The molecule has 1 fully saturated rings.